The second kappa shape index (κ2) is 5.74. The number of nitrogens with two attached hydrogens (primary N) is 1. The summed E-state index contributed by atoms with van der Waals surface area (Å²) in [6, 6.07) is 6.05. The lowest BCUT2D eigenvalue weighted by molar-refractivity contribution is 0.318. The summed E-state index contributed by atoms with van der Waals surface area (Å²) in [7, 11) is 0. The van der Waals surface area contributed by atoms with Crippen molar-refractivity contribution in [3.8, 4) is 0 Å². The first-order chi connectivity index (χ1) is 8.24. The number of anilines is 1. The Morgan fingerprint density at radius 1 is 1.41 bits per heavy atom. The standard InChI is InChI=1S/C14H21ClN2/c1-2-17(10-11-4-3-5-11)14-7-6-13(15)8-12(14)9-16/h6-8,11H,2-5,9-10,16H2,1H3. The molecule has 1 fully saturated rings. The molecule has 0 aliphatic heterocycles. The Labute approximate surface area is 109 Å². The molecule has 2 rings (SSSR count). The van der Waals surface area contributed by atoms with Crippen LogP contribution < -0.4 is 10.6 Å². The number of hydrogen-bond donors (Lipinski definition) is 1. The van der Waals surface area contributed by atoms with Gasteiger partial charge in [-0.2, -0.15) is 0 Å². The number of rotatable bonds is 5. The van der Waals surface area contributed by atoms with Gasteiger partial charge in [-0.1, -0.05) is 18.0 Å². The predicted molar refractivity (Wildman–Crippen MR) is 74.6 cm³/mol. The van der Waals surface area contributed by atoms with Gasteiger partial charge in [-0.05, 0) is 49.4 Å². The van der Waals surface area contributed by atoms with Crippen molar-refractivity contribution in [3.05, 3.63) is 28.8 Å². The molecule has 1 aromatic carbocycles. The molecule has 0 unspecified atom stereocenters. The molecule has 0 amide bonds. The Bertz CT molecular complexity index is 374. The minimum absolute atomic E-state index is 0.553. The zero-order chi connectivity index (χ0) is 12.3. The number of hydrogen-bond acceptors (Lipinski definition) is 2. The minimum atomic E-state index is 0.553. The Balaban J connectivity index is 2.16. The molecule has 0 atom stereocenters. The SMILES string of the molecule is CCN(CC1CCC1)c1ccc(Cl)cc1CN. The average molecular weight is 253 g/mol. The van der Waals surface area contributed by atoms with Gasteiger partial charge in [0, 0.05) is 30.3 Å². The third-order valence-corrected chi connectivity index (χ3v) is 3.92. The zero-order valence-corrected chi connectivity index (χ0v) is 11.2. The van der Waals surface area contributed by atoms with Gasteiger partial charge in [0.25, 0.3) is 0 Å². The van der Waals surface area contributed by atoms with Crippen molar-refractivity contribution in [2.75, 3.05) is 18.0 Å². The summed E-state index contributed by atoms with van der Waals surface area (Å²) in [5.41, 5.74) is 8.21. The van der Waals surface area contributed by atoms with Crippen molar-refractivity contribution in [1.29, 1.82) is 0 Å². The van der Waals surface area contributed by atoms with Crippen molar-refractivity contribution in [2.24, 2.45) is 11.7 Å². The van der Waals surface area contributed by atoms with Crippen molar-refractivity contribution in [2.45, 2.75) is 32.7 Å². The molecule has 3 heteroatoms. The average Bonchev–Trinajstić information content (AvgIpc) is 2.29. The van der Waals surface area contributed by atoms with E-state index in [-0.39, 0.29) is 0 Å². The normalized spacial score (nSPS) is 15.7. The van der Waals surface area contributed by atoms with E-state index in [9.17, 15) is 0 Å². The molecular formula is C14H21ClN2. The molecule has 1 aliphatic carbocycles. The van der Waals surface area contributed by atoms with Gasteiger partial charge >= 0.3 is 0 Å². The van der Waals surface area contributed by atoms with Gasteiger partial charge in [-0.3, -0.25) is 0 Å². The Kier molecular flexibility index (Phi) is 4.30. The smallest absolute Gasteiger partial charge is 0.0412 e. The highest BCUT2D eigenvalue weighted by Gasteiger charge is 2.21. The minimum Gasteiger partial charge on any atom is -0.371 e. The van der Waals surface area contributed by atoms with Crippen LogP contribution >= 0.6 is 11.6 Å². The van der Waals surface area contributed by atoms with Crippen LogP contribution in [0.25, 0.3) is 0 Å². The zero-order valence-electron chi connectivity index (χ0n) is 10.5. The van der Waals surface area contributed by atoms with E-state index in [0.29, 0.717) is 6.54 Å². The van der Waals surface area contributed by atoms with Crippen molar-refractivity contribution in [1.82, 2.24) is 0 Å². The Morgan fingerprint density at radius 3 is 2.71 bits per heavy atom. The maximum absolute atomic E-state index is 6.01. The van der Waals surface area contributed by atoms with Gasteiger partial charge < -0.3 is 10.6 Å². The molecule has 1 saturated carbocycles. The molecule has 0 saturated heterocycles. The van der Waals surface area contributed by atoms with Gasteiger partial charge in [0.1, 0.15) is 0 Å². The molecule has 17 heavy (non-hydrogen) atoms. The first-order valence-corrected chi connectivity index (χ1v) is 6.85. The second-order valence-corrected chi connectivity index (χ2v) is 5.25. The highest BCUT2D eigenvalue weighted by atomic mass is 35.5. The van der Waals surface area contributed by atoms with Crippen LogP contribution in [0.3, 0.4) is 0 Å². The highest BCUT2D eigenvalue weighted by Crippen LogP contribution is 2.30. The van der Waals surface area contributed by atoms with E-state index >= 15 is 0 Å². The van der Waals surface area contributed by atoms with Gasteiger partial charge in [0.15, 0.2) is 0 Å². The van der Waals surface area contributed by atoms with Gasteiger partial charge in [0.2, 0.25) is 0 Å². The lowest BCUT2D eigenvalue weighted by Crippen LogP contribution is -2.33. The molecule has 0 bridgehead atoms. The molecule has 2 N–H and O–H groups in total. The van der Waals surface area contributed by atoms with Gasteiger partial charge in [-0.25, -0.2) is 0 Å². The van der Waals surface area contributed by atoms with Crippen molar-refractivity contribution >= 4 is 17.3 Å². The number of benzene rings is 1. The van der Waals surface area contributed by atoms with E-state index in [1.807, 2.05) is 12.1 Å². The third kappa shape index (κ3) is 2.93. The monoisotopic (exact) mass is 252 g/mol. The molecule has 0 aromatic heterocycles. The lowest BCUT2D eigenvalue weighted by atomic mass is 9.85. The van der Waals surface area contributed by atoms with E-state index in [0.717, 1.165) is 29.6 Å². The van der Waals surface area contributed by atoms with E-state index in [4.69, 9.17) is 17.3 Å². The van der Waals surface area contributed by atoms with E-state index in [2.05, 4.69) is 17.9 Å². The fourth-order valence-electron chi connectivity index (χ4n) is 2.41. The number of halogens is 1. The molecular weight excluding hydrogens is 232 g/mol. The summed E-state index contributed by atoms with van der Waals surface area (Å²) in [5.74, 6) is 0.872. The summed E-state index contributed by atoms with van der Waals surface area (Å²) in [6.45, 7) is 4.95. The highest BCUT2D eigenvalue weighted by molar-refractivity contribution is 6.30. The van der Waals surface area contributed by atoms with Crippen LogP contribution in [0.2, 0.25) is 5.02 Å². The van der Waals surface area contributed by atoms with Crippen LogP contribution in [-0.2, 0) is 6.54 Å². The maximum atomic E-state index is 6.01. The first kappa shape index (κ1) is 12.7. The summed E-state index contributed by atoms with van der Waals surface area (Å²) in [4.78, 5) is 2.43. The van der Waals surface area contributed by atoms with Crippen LogP contribution in [0, 0.1) is 5.92 Å². The Morgan fingerprint density at radius 2 is 2.18 bits per heavy atom. The first-order valence-electron chi connectivity index (χ1n) is 6.48. The van der Waals surface area contributed by atoms with Gasteiger partial charge in [0.05, 0.1) is 0 Å². The quantitative estimate of drug-likeness (QED) is 0.870. The van der Waals surface area contributed by atoms with E-state index in [1.165, 1.54) is 24.9 Å². The number of nitrogens with zero attached hydrogens (tertiary/aromatic N) is 1. The van der Waals surface area contributed by atoms with Crippen LogP contribution in [-0.4, -0.2) is 13.1 Å². The van der Waals surface area contributed by atoms with Crippen LogP contribution in [0.4, 0.5) is 5.69 Å². The summed E-state index contributed by atoms with van der Waals surface area (Å²) in [6.07, 6.45) is 4.15. The van der Waals surface area contributed by atoms with Crippen molar-refractivity contribution in [3.63, 3.8) is 0 Å². The summed E-state index contributed by atoms with van der Waals surface area (Å²) < 4.78 is 0. The molecule has 0 heterocycles. The van der Waals surface area contributed by atoms with Crippen LogP contribution in [0.1, 0.15) is 31.7 Å². The molecule has 1 aliphatic rings. The Hall–Kier alpha value is -0.730. The lowest BCUT2D eigenvalue weighted by Gasteiger charge is -2.34. The third-order valence-electron chi connectivity index (χ3n) is 3.69. The van der Waals surface area contributed by atoms with Crippen LogP contribution in [0.15, 0.2) is 18.2 Å². The topological polar surface area (TPSA) is 29.3 Å². The maximum Gasteiger partial charge on any atom is 0.0412 e. The molecule has 0 radical (unpaired) electrons. The predicted octanol–water partition coefficient (Wildman–Crippen LogP) is 3.43. The fourth-order valence-corrected chi connectivity index (χ4v) is 2.61. The summed E-state index contributed by atoms with van der Waals surface area (Å²) >= 11 is 6.01. The second-order valence-electron chi connectivity index (χ2n) is 4.81. The fraction of sp³-hybridized carbons (Fsp3) is 0.571. The van der Waals surface area contributed by atoms with Crippen molar-refractivity contribution < 1.29 is 0 Å². The van der Waals surface area contributed by atoms with Gasteiger partial charge in [-0.15, -0.1) is 0 Å². The summed E-state index contributed by atoms with van der Waals surface area (Å²) in [5, 5.41) is 0.772. The van der Waals surface area contributed by atoms with Crippen LogP contribution in [0.5, 0.6) is 0 Å². The molecule has 0 spiro atoms. The molecule has 1 aromatic rings. The van der Waals surface area contributed by atoms with E-state index < -0.39 is 0 Å². The largest absolute Gasteiger partial charge is 0.371 e. The molecule has 94 valence electrons. The molecule has 2 nitrogen and oxygen atoms in total. The van der Waals surface area contributed by atoms with E-state index in [1.54, 1.807) is 0 Å².